The zero-order valence-electron chi connectivity index (χ0n) is 5.55. The summed E-state index contributed by atoms with van der Waals surface area (Å²) in [6, 6.07) is 10.4. The topological polar surface area (TPSA) is 0 Å². The van der Waals surface area contributed by atoms with Crippen LogP contribution in [0.3, 0.4) is 0 Å². The first-order chi connectivity index (χ1) is 4.93. The van der Waals surface area contributed by atoms with Gasteiger partial charge < -0.3 is 0 Å². The summed E-state index contributed by atoms with van der Waals surface area (Å²) in [6.45, 7) is -0.414. The summed E-state index contributed by atoms with van der Waals surface area (Å²) in [5, 5.41) is 0. The zero-order chi connectivity index (χ0) is 7.23. The second-order valence-electron chi connectivity index (χ2n) is 1.87. The summed E-state index contributed by atoms with van der Waals surface area (Å²) < 4.78 is 11.6. The molecule has 0 aliphatic heterocycles. The van der Waals surface area contributed by atoms with Crippen LogP contribution in [-0.2, 0) is 0 Å². The molecule has 0 saturated carbocycles. The average molecular weight is 135 g/mol. The van der Waals surface area contributed by atoms with E-state index in [9.17, 15) is 4.39 Å². The Morgan fingerprint density at radius 1 is 1.50 bits per heavy atom. The third-order valence-corrected chi connectivity index (χ3v) is 1.12. The SMILES string of the molecule is FC/C=C/c1[c]cccc1. The highest BCUT2D eigenvalue weighted by Crippen LogP contribution is 1.99. The van der Waals surface area contributed by atoms with Crippen LogP contribution in [0.2, 0.25) is 0 Å². The smallest absolute Gasteiger partial charge is 0.108 e. The first kappa shape index (κ1) is 7.00. The molecule has 10 heavy (non-hydrogen) atoms. The van der Waals surface area contributed by atoms with Crippen LogP contribution in [-0.4, -0.2) is 6.67 Å². The number of alkyl halides is 1. The second-order valence-corrected chi connectivity index (χ2v) is 1.87. The predicted octanol–water partition coefficient (Wildman–Crippen LogP) is 2.47. The van der Waals surface area contributed by atoms with E-state index in [4.69, 9.17) is 0 Å². The van der Waals surface area contributed by atoms with Gasteiger partial charge in [-0.2, -0.15) is 0 Å². The molecular formula is C9H8F. The van der Waals surface area contributed by atoms with Crippen molar-refractivity contribution in [3.8, 4) is 0 Å². The predicted molar refractivity (Wildman–Crippen MR) is 40.3 cm³/mol. The molecule has 0 spiro atoms. The summed E-state index contributed by atoms with van der Waals surface area (Å²) in [6.07, 6.45) is 3.17. The van der Waals surface area contributed by atoms with E-state index >= 15 is 0 Å². The van der Waals surface area contributed by atoms with Crippen LogP contribution in [0.15, 0.2) is 30.3 Å². The molecule has 0 nitrogen and oxygen atoms in total. The molecule has 51 valence electrons. The summed E-state index contributed by atoms with van der Waals surface area (Å²) in [5.41, 5.74) is 0.917. The fourth-order valence-electron chi connectivity index (χ4n) is 0.682. The number of hydrogen-bond donors (Lipinski definition) is 0. The van der Waals surface area contributed by atoms with E-state index in [1.54, 1.807) is 12.1 Å². The molecule has 0 aromatic heterocycles. The highest BCUT2D eigenvalue weighted by molar-refractivity contribution is 5.47. The maximum atomic E-state index is 11.6. The summed E-state index contributed by atoms with van der Waals surface area (Å²) in [5.74, 6) is 0. The fraction of sp³-hybridized carbons (Fsp3) is 0.111. The number of hydrogen-bond acceptors (Lipinski definition) is 0. The van der Waals surface area contributed by atoms with Crippen molar-refractivity contribution in [3.05, 3.63) is 42.0 Å². The van der Waals surface area contributed by atoms with Gasteiger partial charge in [-0.1, -0.05) is 36.4 Å². The second kappa shape index (κ2) is 3.83. The van der Waals surface area contributed by atoms with Crippen LogP contribution in [0, 0.1) is 6.07 Å². The van der Waals surface area contributed by atoms with Crippen LogP contribution < -0.4 is 0 Å². The van der Waals surface area contributed by atoms with Crippen molar-refractivity contribution in [1.82, 2.24) is 0 Å². The molecule has 0 amide bonds. The van der Waals surface area contributed by atoms with Crippen molar-refractivity contribution < 1.29 is 4.39 Å². The van der Waals surface area contributed by atoms with Gasteiger partial charge in [0.15, 0.2) is 0 Å². The van der Waals surface area contributed by atoms with E-state index in [1.165, 1.54) is 6.08 Å². The molecule has 0 aliphatic rings. The molecular weight excluding hydrogens is 127 g/mol. The van der Waals surface area contributed by atoms with Gasteiger partial charge in [0.1, 0.15) is 6.67 Å². The molecule has 0 fully saturated rings. The minimum atomic E-state index is -0.414. The van der Waals surface area contributed by atoms with E-state index < -0.39 is 6.67 Å². The highest BCUT2D eigenvalue weighted by atomic mass is 19.1. The van der Waals surface area contributed by atoms with Gasteiger partial charge in [0, 0.05) is 0 Å². The number of allylic oxidation sites excluding steroid dienone is 1. The summed E-state index contributed by atoms with van der Waals surface area (Å²) in [7, 11) is 0. The van der Waals surface area contributed by atoms with Crippen LogP contribution in [0.5, 0.6) is 0 Å². The van der Waals surface area contributed by atoms with Crippen molar-refractivity contribution in [2.75, 3.05) is 6.67 Å². The lowest BCUT2D eigenvalue weighted by Gasteiger charge is -1.86. The Morgan fingerprint density at radius 2 is 2.40 bits per heavy atom. The zero-order valence-corrected chi connectivity index (χ0v) is 5.55. The van der Waals surface area contributed by atoms with E-state index in [1.807, 2.05) is 18.2 Å². The number of rotatable bonds is 2. The Bertz CT molecular complexity index is 201. The Hall–Kier alpha value is -1.11. The molecule has 1 rings (SSSR count). The van der Waals surface area contributed by atoms with Gasteiger partial charge in [-0.05, 0) is 11.6 Å². The maximum Gasteiger partial charge on any atom is 0.108 e. The quantitative estimate of drug-likeness (QED) is 0.584. The molecule has 1 heteroatoms. The molecule has 0 saturated heterocycles. The van der Waals surface area contributed by atoms with Crippen LogP contribution in [0.25, 0.3) is 6.08 Å². The molecule has 1 aromatic carbocycles. The Kier molecular flexibility index (Phi) is 2.68. The Balaban J connectivity index is 2.67. The molecule has 0 unspecified atom stereocenters. The third-order valence-electron chi connectivity index (χ3n) is 1.12. The van der Waals surface area contributed by atoms with Gasteiger partial charge in [0.2, 0.25) is 0 Å². The highest BCUT2D eigenvalue weighted by Gasteiger charge is 1.80. The lowest BCUT2D eigenvalue weighted by Crippen LogP contribution is -1.69. The molecule has 0 N–H and O–H groups in total. The van der Waals surface area contributed by atoms with Gasteiger partial charge in [-0.25, -0.2) is 4.39 Å². The summed E-state index contributed by atoms with van der Waals surface area (Å²) in [4.78, 5) is 0. The summed E-state index contributed by atoms with van der Waals surface area (Å²) >= 11 is 0. The van der Waals surface area contributed by atoms with Crippen molar-refractivity contribution in [1.29, 1.82) is 0 Å². The maximum absolute atomic E-state index is 11.6. The first-order valence-electron chi connectivity index (χ1n) is 3.12. The van der Waals surface area contributed by atoms with E-state index in [0.717, 1.165) is 5.56 Å². The average Bonchev–Trinajstić information content (AvgIpc) is 2.03. The minimum Gasteiger partial charge on any atom is -0.247 e. The molecule has 1 aromatic rings. The molecule has 0 heterocycles. The van der Waals surface area contributed by atoms with Gasteiger partial charge in [-0.15, -0.1) is 0 Å². The molecule has 0 bridgehead atoms. The van der Waals surface area contributed by atoms with Crippen LogP contribution >= 0.6 is 0 Å². The van der Waals surface area contributed by atoms with Gasteiger partial charge in [0.25, 0.3) is 0 Å². The van der Waals surface area contributed by atoms with Crippen molar-refractivity contribution in [2.45, 2.75) is 0 Å². The molecule has 1 radical (unpaired) electrons. The standard InChI is InChI=1S/C9H8F/c10-8-4-7-9-5-2-1-3-6-9/h1-5,7H,8H2/b7-4+. The van der Waals surface area contributed by atoms with Crippen molar-refractivity contribution in [2.24, 2.45) is 0 Å². The number of benzene rings is 1. The Morgan fingerprint density at radius 3 is 3.00 bits per heavy atom. The van der Waals surface area contributed by atoms with E-state index in [2.05, 4.69) is 6.07 Å². The van der Waals surface area contributed by atoms with E-state index in [-0.39, 0.29) is 0 Å². The lowest BCUT2D eigenvalue weighted by atomic mass is 10.2. The van der Waals surface area contributed by atoms with Gasteiger partial charge >= 0.3 is 0 Å². The van der Waals surface area contributed by atoms with Crippen LogP contribution in [0.4, 0.5) is 4.39 Å². The van der Waals surface area contributed by atoms with Crippen LogP contribution in [0.1, 0.15) is 5.56 Å². The normalized spacial score (nSPS) is 10.5. The van der Waals surface area contributed by atoms with Gasteiger partial charge in [0.05, 0.1) is 0 Å². The monoisotopic (exact) mass is 135 g/mol. The largest absolute Gasteiger partial charge is 0.247 e. The van der Waals surface area contributed by atoms with Crippen molar-refractivity contribution in [3.63, 3.8) is 0 Å². The minimum absolute atomic E-state index is 0.414. The Labute approximate surface area is 60.0 Å². The third kappa shape index (κ3) is 2.02. The van der Waals surface area contributed by atoms with Gasteiger partial charge in [-0.3, -0.25) is 0 Å². The first-order valence-corrected chi connectivity index (χ1v) is 3.12. The number of halogens is 1. The van der Waals surface area contributed by atoms with Crippen molar-refractivity contribution >= 4 is 6.08 Å². The lowest BCUT2D eigenvalue weighted by molar-refractivity contribution is 0.563. The fourth-order valence-corrected chi connectivity index (χ4v) is 0.682. The molecule has 0 aliphatic carbocycles. The van der Waals surface area contributed by atoms with E-state index in [0.29, 0.717) is 0 Å². The molecule has 0 atom stereocenters.